The van der Waals surface area contributed by atoms with Gasteiger partial charge in [-0.15, -0.1) is 0 Å². The van der Waals surface area contributed by atoms with Gasteiger partial charge in [-0.1, -0.05) is 0 Å². The molecular weight excluding hydrogens is 206 g/mol. The lowest BCUT2D eigenvalue weighted by Gasteiger charge is -2.02. The van der Waals surface area contributed by atoms with Crippen molar-refractivity contribution in [2.75, 3.05) is 18.8 Å². The van der Waals surface area contributed by atoms with Crippen LogP contribution in [0.1, 0.15) is 19.3 Å². The molecule has 0 aliphatic rings. The first-order valence-electron chi connectivity index (χ1n) is 4.41. The Bertz CT molecular complexity index is 263. The minimum absolute atomic E-state index is 0.0666. The number of sulfonamides is 1. The zero-order valence-corrected chi connectivity index (χ0v) is 8.85. The highest BCUT2D eigenvalue weighted by Crippen LogP contribution is 1.91. The third-order valence-corrected chi connectivity index (χ3v) is 2.36. The van der Waals surface area contributed by atoms with Gasteiger partial charge >= 0.3 is 0 Å². The fourth-order valence-corrected chi connectivity index (χ4v) is 1.32. The zero-order chi connectivity index (χ0) is 11.0. The summed E-state index contributed by atoms with van der Waals surface area (Å²) in [6, 6.07) is 0. The van der Waals surface area contributed by atoms with Gasteiger partial charge < -0.3 is 11.1 Å². The van der Waals surface area contributed by atoms with Crippen molar-refractivity contribution >= 4 is 15.9 Å². The highest BCUT2D eigenvalue weighted by molar-refractivity contribution is 7.89. The predicted molar refractivity (Wildman–Crippen MR) is 53.9 cm³/mol. The monoisotopic (exact) mass is 223 g/mol. The van der Waals surface area contributed by atoms with Crippen LogP contribution in [0.25, 0.3) is 0 Å². The van der Waals surface area contributed by atoms with Crippen LogP contribution in [-0.4, -0.2) is 33.2 Å². The summed E-state index contributed by atoms with van der Waals surface area (Å²) in [6.07, 6.45) is 1.89. The van der Waals surface area contributed by atoms with E-state index < -0.39 is 10.0 Å². The number of nitrogens with one attached hydrogen (secondary N) is 1. The van der Waals surface area contributed by atoms with Gasteiger partial charge in [0.15, 0.2) is 0 Å². The molecule has 14 heavy (non-hydrogen) atoms. The summed E-state index contributed by atoms with van der Waals surface area (Å²) in [7, 11) is -3.37. The van der Waals surface area contributed by atoms with Crippen molar-refractivity contribution in [3.63, 3.8) is 0 Å². The normalized spacial score (nSPS) is 11.5. The number of amides is 1. The van der Waals surface area contributed by atoms with Crippen molar-refractivity contribution in [2.24, 2.45) is 10.9 Å². The van der Waals surface area contributed by atoms with Gasteiger partial charge in [-0.25, -0.2) is 13.6 Å². The fraction of sp³-hybridized carbons (Fsp3) is 0.857. The Hall–Kier alpha value is -0.660. The van der Waals surface area contributed by atoms with Crippen molar-refractivity contribution < 1.29 is 13.2 Å². The number of primary amides is 1. The van der Waals surface area contributed by atoms with Gasteiger partial charge in [0.25, 0.3) is 0 Å². The Morgan fingerprint density at radius 3 is 2.36 bits per heavy atom. The molecule has 6 nitrogen and oxygen atoms in total. The smallest absolute Gasteiger partial charge is 0.217 e. The summed E-state index contributed by atoms with van der Waals surface area (Å²) in [5.74, 6) is -0.377. The Morgan fingerprint density at radius 1 is 1.21 bits per heavy atom. The molecule has 0 aliphatic carbocycles. The van der Waals surface area contributed by atoms with Crippen LogP contribution in [0, 0.1) is 0 Å². The molecule has 0 fully saturated rings. The van der Waals surface area contributed by atoms with E-state index >= 15 is 0 Å². The van der Waals surface area contributed by atoms with Gasteiger partial charge in [-0.2, -0.15) is 0 Å². The lowest BCUT2D eigenvalue weighted by molar-refractivity contribution is -0.118. The minimum Gasteiger partial charge on any atom is -0.370 e. The van der Waals surface area contributed by atoms with Crippen LogP contribution in [0.3, 0.4) is 0 Å². The molecule has 0 saturated heterocycles. The number of primary sulfonamides is 1. The van der Waals surface area contributed by atoms with Crippen molar-refractivity contribution in [1.29, 1.82) is 0 Å². The van der Waals surface area contributed by atoms with E-state index in [1.807, 2.05) is 0 Å². The largest absolute Gasteiger partial charge is 0.370 e. The van der Waals surface area contributed by atoms with E-state index in [1.54, 1.807) is 0 Å². The second-order valence-electron chi connectivity index (χ2n) is 3.04. The SMILES string of the molecule is NC(=O)CCCCNCCS(N)(=O)=O. The second kappa shape index (κ2) is 6.74. The van der Waals surface area contributed by atoms with Gasteiger partial charge in [0.1, 0.15) is 0 Å². The van der Waals surface area contributed by atoms with Crippen LogP contribution in [0.2, 0.25) is 0 Å². The van der Waals surface area contributed by atoms with Crippen LogP contribution >= 0.6 is 0 Å². The summed E-state index contributed by atoms with van der Waals surface area (Å²) < 4.78 is 21.0. The molecule has 0 aromatic rings. The standard InChI is InChI=1S/C7H17N3O3S/c8-7(11)3-1-2-4-10-5-6-14(9,12)13/h10H,1-6H2,(H2,8,11)(H2,9,12,13). The summed E-state index contributed by atoms with van der Waals surface area (Å²) in [6.45, 7) is 1.01. The van der Waals surface area contributed by atoms with E-state index in [4.69, 9.17) is 10.9 Å². The Labute approximate surface area is 84.1 Å². The van der Waals surface area contributed by atoms with Crippen LogP contribution in [0.5, 0.6) is 0 Å². The van der Waals surface area contributed by atoms with Gasteiger partial charge in [0, 0.05) is 13.0 Å². The van der Waals surface area contributed by atoms with E-state index in [0.717, 1.165) is 12.8 Å². The Balaban J connectivity index is 3.19. The van der Waals surface area contributed by atoms with E-state index in [0.29, 0.717) is 19.5 Å². The van der Waals surface area contributed by atoms with Crippen molar-refractivity contribution in [3.05, 3.63) is 0 Å². The topological polar surface area (TPSA) is 115 Å². The lowest BCUT2D eigenvalue weighted by atomic mass is 10.2. The number of carbonyl (C=O) groups is 1. The molecule has 0 aromatic heterocycles. The molecule has 0 bridgehead atoms. The van der Waals surface area contributed by atoms with Crippen molar-refractivity contribution in [1.82, 2.24) is 5.32 Å². The molecule has 0 radical (unpaired) electrons. The first-order valence-corrected chi connectivity index (χ1v) is 6.13. The number of hydrogen-bond donors (Lipinski definition) is 3. The number of nitrogens with two attached hydrogens (primary N) is 2. The van der Waals surface area contributed by atoms with E-state index in [1.165, 1.54) is 0 Å². The summed E-state index contributed by atoms with van der Waals surface area (Å²) in [4.78, 5) is 10.3. The molecule has 0 unspecified atom stereocenters. The molecule has 0 spiro atoms. The van der Waals surface area contributed by atoms with Crippen LogP contribution in [0.4, 0.5) is 0 Å². The summed E-state index contributed by atoms with van der Waals surface area (Å²) in [5.41, 5.74) is 4.94. The van der Waals surface area contributed by atoms with Crippen LogP contribution in [-0.2, 0) is 14.8 Å². The molecule has 7 heteroatoms. The average Bonchev–Trinajstić information content (AvgIpc) is 2.00. The molecule has 0 saturated carbocycles. The van der Waals surface area contributed by atoms with E-state index in [-0.39, 0.29) is 11.7 Å². The number of unbranched alkanes of at least 4 members (excludes halogenated alkanes) is 1. The molecule has 84 valence electrons. The number of carbonyl (C=O) groups excluding carboxylic acids is 1. The quantitative estimate of drug-likeness (QED) is 0.435. The molecular formula is C7H17N3O3S. The summed E-state index contributed by atoms with van der Waals surface area (Å²) >= 11 is 0. The van der Waals surface area contributed by atoms with E-state index in [9.17, 15) is 13.2 Å². The van der Waals surface area contributed by atoms with Crippen molar-refractivity contribution in [3.8, 4) is 0 Å². The molecule has 0 heterocycles. The third-order valence-electron chi connectivity index (χ3n) is 1.59. The molecule has 0 rings (SSSR count). The molecule has 0 aliphatic heterocycles. The first kappa shape index (κ1) is 13.3. The van der Waals surface area contributed by atoms with Gasteiger partial charge in [-0.3, -0.25) is 4.79 Å². The van der Waals surface area contributed by atoms with Crippen LogP contribution in [0.15, 0.2) is 0 Å². The fourth-order valence-electron chi connectivity index (χ4n) is 0.889. The first-order chi connectivity index (χ1) is 6.42. The van der Waals surface area contributed by atoms with Crippen LogP contribution < -0.4 is 16.2 Å². The maximum atomic E-state index is 10.5. The lowest BCUT2D eigenvalue weighted by Crippen LogP contribution is -2.27. The van der Waals surface area contributed by atoms with Gasteiger partial charge in [0.2, 0.25) is 15.9 Å². The highest BCUT2D eigenvalue weighted by atomic mass is 32.2. The molecule has 0 atom stereocenters. The molecule has 1 amide bonds. The second-order valence-corrected chi connectivity index (χ2v) is 4.77. The zero-order valence-electron chi connectivity index (χ0n) is 8.03. The molecule has 0 aromatic carbocycles. The van der Waals surface area contributed by atoms with Crippen molar-refractivity contribution in [2.45, 2.75) is 19.3 Å². The number of rotatable bonds is 8. The Morgan fingerprint density at radius 2 is 1.86 bits per heavy atom. The Kier molecular flexibility index (Phi) is 6.43. The highest BCUT2D eigenvalue weighted by Gasteiger charge is 2.00. The van der Waals surface area contributed by atoms with Gasteiger partial charge in [-0.05, 0) is 19.4 Å². The van der Waals surface area contributed by atoms with Gasteiger partial charge in [0.05, 0.1) is 5.75 Å². The predicted octanol–water partition coefficient (Wildman–Crippen LogP) is -1.48. The van der Waals surface area contributed by atoms with E-state index in [2.05, 4.69) is 5.32 Å². The minimum atomic E-state index is -3.37. The summed E-state index contributed by atoms with van der Waals surface area (Å²) in [5, 5.41) is 7.69. The number of hydrogen-bond acceptors (Lipinski definition) is 4. The maximum Gasteiger partial charge on any atom is 0.217 e. The molecule has 5 N–H and O–H groups in total. The average molecular weight is 223 g/mol. The maximum absolute atomic E-state index is 10.5. The third kappa shape index (κ3) is 11.3.